The Labute approximate surface area is 425 Å². The molecule has 0 bridgehead atoms. The van der Waals surface area contributed by atoms with E-state index in [1.54, 1.807) is 0 Å². The fourth-order valence-electron chi connectivity index (χ4n) is 9.04. The first-order valence-corrected chi connectivity index (χ1v) is 25.9. The van der Waals surface area contributed by atoms with E-state index in [0.29, 0.717) is 38.5 Å². The molecule has 0 saturated carbocycles. The van der Waals surface area contributed by atoms with Crippen LogP contribution in [-0.4, -0.2) is 238 Å². The van der Waals surface area contributed by atoms with Crippen LogP contribution in [0.15, 0.2) is 0 Å². The standard InChI is InChI=1S/C48H86O25/c1-4-7-10-13-25(52)16-28(68-46-43(63)40(60)37(57)31(22-49)71-46)20-35(55)67-27(15-12-9-6-3)18-30(70-48-45(65)42(62)39(59)33(24-51)73-48)21-36(56)66-26(14-11-8-5-2)17-29(19-34(53)54)69-47-44(64)41(61)38(58)32(23-50)72-47/h25-33,37-52,57-65H,4-24H2,1-3H3,(H,53,54). The minimum absolute atomic E-state index is 0.163. The number of unbranched alkanes of at least 4 members (excludes halogenated alkanes) is 6. The highest BCUT2D eigenvalue weighted by atomic mass is 16.7. The van der Waals surface area contributed by atoms with Crippen LogP contribution in [0.25, 0.3) is 0 Å². The highest BCUT2D eigenvalue weighted by Gasteiger charge is 2.48. The van der Waals surface area contributed by atoms with Crippen LogP contribution in [0, 0.1) is 0 Å². The van der Waals surface area contributed by atoms with Crippen molar-refractivity contribution in [2.24, 2.45) is 0 Å². The molecule has 25 nitrogen and oxygen atoms in total. The van der Waals surface area contributed by atoms with Gasteiger partial charge in [0.1, 0.15) is 85.5 Å². The predicted octanol–water partition coefficient (Wildman–Crippen LogP) is -2.11. The van der Waals surface area contributed by atoms with E-state index in [1.165, 1.54) is 0 Å². The van der Waals surface area contributed by atoms with Crippen molar-refractivity contribution < 1.29 is 124 Å². The smallest absolute Gasteiger partial charge is 0.308 e. The van der Waals surface area contributed by atoms with Crippen molar-refractivity contribution in [2.45, 2.75) is 265 Å². The Morgan fingerprint density at radius 2 is 0.740 bits per heavy atom. The Hall–Kier alpha value is -2.35. The molecule has 0 amide bonds. The molecule has 0 aromatic rings. The highest BCUT2D eigenvalue weighted by Crippen LogP contribution is 2.31. The summed E-state index contributed by atoms with van der Waals surface area (Å²) in [5, 5.41) is 145. The monoisotopic (exact) mass is 1060 g/mol. The molecule has 25 heteroatoms. The van der Waals surface area contributed by atoms with Crippen molar-refractivity contribution in [3.8, 4) is 0 Å². The van der Waals surface area contributed by atoms with Crippen molar-refractivity contribution in [3.05, 3.63) is 0 Å². The van der Waals surface area contributed by atoms with Crippen LogP contribution in [0.1, 0.15) is 136 Å². The summed E-state index contributed by atoms with van der Waals surface area (Å²) in [7, 11) is 0. The van der Waals surface area contributed by atoms with E-state index in [-0.39, 0.29) is 32.1 Å². The lowest BCUT2D eigenvalue weighted by atomic mass is 9.98. The number of esters is 2. The number of rotatable bonds is 35. The largest absolute Gasteiger partial charge is 0.481 e. The van der Waals surface area contributed by atoms with E-state index >= 15 is 0 Å². The number of carbonyl (C=O) groups is 3. The van der Waals surface area contributed by atoms with Gasteiger partial charge in [-0.1, -0.05) is 65.7 Å². The first-order chi connectivity index (χ1) is 34.7. The van der Waals surface area contributed by atoms with Gasteiger partial charge in [-0.25, -0.2) is 0 Å². The number of carbonyl (C=O) groups excluding carboxylic acids is 2. The Balaban J connectivity index is 1.94. The lowest BCUT2D eigenvalue weighted by Gasteiger charge is -2.41. The van der Waals surface area contributed by atoms with Crippen LogP contribution in [0.2, 0.25) is 0 Å². The summed E-state index contributed by atoms with van der Waals surface area (Å²) in [6, 6.07) is 0. The van der Waals surface area contributed by atoms with E-state index in [4.69, 9.17) is 37.9 Å². The zero-order valence-electron chi connectivity index (χ0n) is 42.2. The van der Waals surface area contributed by atoms with Gasteiger partial charge in [0.15, 0.2) is 18.9 Å². The second kappa shape index (κ2) is 33.7. The van der Waals surface area contributed by atoms with Crippen LogP contribution in [0.5, 0.6) is 0 Å². The summed E-state index contributed by atoms with van der Waals surface area (Å²) in [4.78, 5) is 40.1. The van der Waals surface area contributed by atoms with Gasteiger partial charge in [0.25, 0.3) is 0 Å². The van der Waals surface area contributed by atoms with E-state index < -0.39 is 186 Å². The average molecular weight is 1060 g/mol. The fraction of sp³-hybridized carbons (Fsp3) is 0.938. The molecule has 3 aliphatic rings. The summed E-state index contributed by atoms with van der Waals surface area (Å²) >= 11 is 0. The molecule has 428 valence electrons. The van der Waals surface area contributed by atoms with Gasteiger partial charge in [0, 0.05) is 19.3 Å². The first-order valence-electron chi connectivity index (χ1n) is 25.9. The summed E-state index contributed by atoms with van der Waals surface area (Å²) in [6.45, 7) is 3.50. The number of carboxylic acid groups (broad SMARTS) is 1. The fourth-order valence-corrected chi connectivity index (χ4v) is 9.04. The van der Waals surface area contributed by atoms with E-state index in [1.807, 2.05) is 20.8 Å². The van der Waals surface area contributed by atoms with Gasteiger partial charge in [0.2, 0.25) is 0 Å². The Morgan fingerprint density at radius 1 is 0.425 bits per heavy atom. The van der Waals surface area contributed by atoms with Gasteiger partial charge in [-0.05, 0) is 32.1 Å². The molecule has 73 heavy (non-hydrogen) atoms. The third kappa shape index (κ3) is 21.2. The minimum atomic E-state index is -1.92. The number of hydrogen-bond acceptors (Lipinski definition) is 24. The molecule has 0 aliphatic carbocycles. The van der Waals surface area contributed by atoms with Crippen molar-refractivity contribution in [3.63, 3.8) is 0 Å². The maximum atomic E-state index is 14.1. The van der Waals surface area contributed by atoms with Crippen LogP contribution >= 0.6 is 0 Å². The van der Waals surface area contributed by atoms with Crippen LogP contribution in [-0.2, 0) is 52.3 Å². The number of aliphatic hydroxyl groups excluding tert-OH is 13. The molecule has 3 saturated heterocycles. The zero-order valence-corrected chi connectivity index (χ0v) is 42.2. The molecule has 21 atom stereocenters. The molecule has 3 aliphatic heterocycles. The van der Waals surface area contributed by atoms with Crippen molar-refractivity contribution in [1.82, 2.24) is 0 Å². The third-order valence-corrected chi connectivity index (χ3v) is 13.3. The summed E-state index contributed by atoms with van der Waals surface area (Å²) in [5.41, 5.74) is 0. The molecule has 14 N–H and O–H groups in total. The average Bonchev–Trinajstić information content (AvgIpc) is 3.34. The van der Waals surface area contributed by atoms with Gasteiger partial charge in [-0.15, -0.1) is 0 Å². The number of carboxylic acids is 1. The van der Waals surface area contributed by atoms with Crippen LogP contribution in [0.3, 0.4) is 0 Å². The molecule has 3 rings (SSSR count). The predicted molar refractivity (Wildman–Crippen MR) is 249 cm³/mol. The first kappa shape index (κ1) is 64.9. The summed E-state index contributed by atoms with van der Waals surface area (Å²) < 4.78 is 46.4. The van der Waals surface area contributed by atoms with E-state index in [9.17, 15) is 85.9 Å². The Kier molecular flexibility index (Phi) is 30.0. The topological polar surface area (TPSA) is 408 Å². The normalized spacial score (nSPS) is 33.3. The lowest BCUT2D eigenvalue weighted by Crippen LogP contribution is -2.60. The Morgan fingerprint density at radius 3 is 1.05 bits per heavy atom. The molecular formula is C48H86O25. The zero-order chi connectivity index (χ0) is 54.4. The van der Waals surface area contributed by atoms with Gasteiger partial charge in [-0.2, -0.15) is 0 Å². The molecule has 3 fully saturated rings. The molecule has 3 heterocycles. The number of aliphatic carboxylic acids is 1. The number of hydrogen-bond donors (Lipinski definition) is 14. The van der Waals surface area contributed by atoms with Gasteiger partial charge in [0.05, 0.1) is 63.5 Å². The highest BCUT2D eigenvalue weighted by molar-refractivity contribution is 5.71. The van der Waals surface area contributed by atoms with E-state index in [2.05, 4.69) is 0 Å². The van der Waals surface area contributed by atoms with Crippen molar-refractivity contribution in [1.29, 1.82) is 0 Å². The van der Waals surface area contributed by atoms with E-state index in [0.717, 1.165) is 25.7 Å². The Bertz CT molecular complexity index is 1540. The van der Waals surface area contributed by atoms with Gasteiger partial charge >= 0.3 is 17.9 Å². The summed E-state index contributed by atoms with van der Waals surface area (Å²) in [6.07, 6.45) is -28.3. The molecule has 0 radical (unpaired) electrons. The second-order valence-corrected chi connectivity index (χ2v) is 19.4. The quantitative estimate of drug-likeness (QED) is 0.0239. The van der Waals surface area contributed by atoms with Gasteiger partial charge in [-0.3, -0.25) is 14.4 Å². The number of ether oxygens (including phenoxy) is 8. The minimum Gasteiger partial charge on any atom is -0.481 e. The SMILES string of the molecule is CCCCCC(O)CC(CC(=O)OC(CCCCC)CC(CC(=O)OC(CCCCC)CC(CC(=O)O)OC1OC(CO)C(O)C(O)C1O)OC1OC(CO)C(O)C(O)C1O)OC1OC(CO)C(O)C(O)C1O. The molecule has 0 spiro atoms. The number of aliphatic hydroxyl groups is 13. The molecule has 21 unspecified atom stereocenters. The molecule has 0 aromatic carbocycles. The van der Waals surface area contributed by atoms with Crippen LogP contribution in [0.4, 0.5) is 0 Å². The maximum absolute atomic E-state index is 14.1. The lowest BCUT2D eigenvalue weighted by molar-refractivity contribution is -0.313. The van der Waals surface area contributed by atoms with Crippen LogP contribution < -0.4 is 0 Å². The molecule has 0 aromatic heterocycles. The van der Waals surface area contributed by atoms with Crippen molar-refractivity contribution >= 4 is 17.9 Å². The molecular weight excluding hydrogens is 977 g/mol. The van der Waals surface area contributed by atoms with Crippen molar-refractivity contribution in [2.75, 3.05) is 19.8 Å². The van der Waals surface area contributed by atoms with Gasteiger partial charge < -0.3 is 109 Å². The third-order valence-electron chi connectivity index (χ3n) is 13.3. The maximum Gasteiger partial charge on any atom is 0.308 e. The summed E-state index contributed by atoms with van der Waals surface area (Å²) in [5.74, 6) is -3.17. The second-order valence-electron chi connectivity index (χ2n) is 19.4.